The van der Waals surface area contributed by atoms with E-state index in [1.807, 2.05) is 36.4 Å². The number of amides is 3. The lowest BCUT2D eigenvalue weighted by molar-refractivity contribution is -0.139. The second-order valence-corrected chi connectivity index (χ2v) is 15.6. The molecule has 3 aromatic heterocycles. The molecule has 49 heavy (non-hydrogen) atoms. The van der Waals surface area contributed by atoms with Crippen molar-refractivity contribution in [3.8, 4) is 17.2 Å². The Morgan fingerprint density at radius 1 is 1.08 bits per heavy atom. The fourth-order valence-electron chi connectivity index (χ4n) is 7.14. The van der Waals surface area contributed by atoms with Gasteiger partial charge in [0, 0.05) is 30.2 Å². The van der Waals surface area contributed by atoms with Crippen molar-refractivity contribution in [2.45, 2.75) is 87.1 Å². The molecule has 1 aromatic carbocycles. The van der Waals surface area contributed by atoms with E-state index in [1.54, 1.807) is 29.4 Å². The van der Waals surface area contributed by atoms with Crippen LogP contribution in [0.2, 0.25) is 0 Å². The molecule has 0 radical (unpaired) electrons. The number of sulfonamides is 1. The molecule has 0 spiro atoms. The molecule has 0 unspecified atom stereocenters. The Labute approximate surface area is 283 Å². The number of para-hydroxylation sites is 1. The molecular weight excluding hydrogens is 648 g/mol. The Bertz CT molecular complexity index is 2070. The van der Waals surface area contributed by atoms with Gasteiger partial charge in [-0.2, -0.15) is 0 Å². The van der Waals surface area contributed by atoms with E-state index in [1.165, 1.54) is 0 Å². The molecule has 2 aliphatic heterocycles. The number of allylic oxidation sites excluding steroid dienone is 1. The average Bonchev–Trinajstić information content (AvgIpc) is 3.87. The maximum Gasteiger partial charge on any atom is 0.259 e. The highest BCUT2D eigenvalue weighted by atomic mass is 32.2. The lowest BCUT2D eigenvalue weighted by Crippen LogP contribution is -2.56. The number of nitrogens with zero attached hydrogens (tertiary/aromatic N) is 2. The van der Waals surface area contributed by atoms with Crippen molar-refractivity contribution in [3.05, 3.63) is 60.9 Å². The highest BCUT2D eigenvalue weighted by Gasteiger charge is 2.62. The molecule has 3 amide bonds. The van der Waals surface area contributed by atoms with Crippen molar-refractivity contribution in [1.29, 1.82) is 0 Å². The summed E-state index contributed by atoms with van der Waals surface area (Å²) in [7, 11) is -3.83. The summed E-state index contributed by atoms with van der Waals surface area (Å²) in [6.07, 6.45) is 10.9. The summed E-state index contributed by atoms with van der Waals surface area (Å²) in [5, 5.41) is 3.14. The zero-order valence-corrected chi connectivity index (χ0v) is 27.7. The number of rotatable bonds is 6. The van der Waals surface area contributed by atoms with E-state index < -0.39 is 44.8 Å². The fourth-order valence-corrected chi connectivity index (χ4v) is 8.50. The van der Waals surface area contributed by atoms with E-state index in [0.29, 0.717) is 53.1 Å². The third-order valence-electron chi connectivity index (χ3n) is 10.1. The van der Waals surface area contributed by atoms with Gasteiger partial charge in [-0.05, 0) is 62.8 Å². The van der Waals surface area contributed by atoms with E-state index in [9.17, 15) is 22.8 Å². The second-order valence-electron chi connectivity index (χ2n) is 13.6. The summed E-state index contributed by atoms with van der Waals surface area (Å²) >= 11 is 0. The molecule has 2 aliphatic carbocycles. The van der Waals surface area contributed by atoms with Crippen molar-refractivity contribution in [2.24, 2.45) is 5.92 Å². The van der Waals surface area contributed by atoms with Crippen molar-refractivity contribution in [2.75, 3.05) is 6.54 Å². The van der Waals surface area contributed by atoms with Crippen LogP contribution in [0.25, 0.3) is 33.5 Å². The molecule has 13 heteroatoms. The Kier molecular flexibility index (Phi) is 7.97. The van der Waals surface area contributed by atoms with Crippen molar-refractivity contribution < 1.29 is 36.4 Å². The number of ether oxygens (including phenoxy) is 1. The third kappa shape index (κ3) is 6.09. The molecule has 256 valence electrons. The number of nitrogens with one attached hydrogen (secondary N) is 2. The largest absolute Gasteiger partial charge is 0.484 e. The minimum Gasteiger partial charge on any atom is -0.484 e. The van der Waals surface area contributed by atoms with Gasteiger partial charge in [0.25, 0.3) is 5.91 Å². The molecule has 4 atom stereocenters. The molecule has 3 fully saturated rings. The first-order valence-corrected chi connectivity index (χ1v) is 18.6. The lowest BCUT2D eigenvalue weighted by atomic mass is 10.1. The number of furan rings is 2. The monoisotopic (exact) mass is 686 g/mol. The molecule has 2 saturated carbocycles. The normalized spacial score (nSPS) is 27.1. The van der Waals surface area contributed by atoms with Crippen LogP contribution in [-0.2, 0) is 24.4 Å². The van der Waals surface area contributed by atoms with Gasteiger partial charge in [0.2, 0.25) is 21.8 Å². The van der Waals surface area contributed by atoms with Crippen LogP contribution in [0, 0.1) is 5.92 Å². The average molecular weight is 687 g/mol. The van der Waals surface area contributed by atoms with Gasteiger partial charge < -0.3 is 23.8 Å². The maximum atomic E-state index is 14.1. The smallest absolute Gasteiger partial charge is 0.259 e. The van der Waals surface area contributed by atoms with Crippen molar-refractivity contribution in [3.63, 3.8) is 0 Å². The van der Waals surface area contributed by atoms with Gasteiger partial charge in [0.05, 0.1) is 18.1 Å². The van der Waals surface area contributed by atoms with Gasteiger partial charge in [0.15, 0.2) is 17.1 Å². The predicted molar refractivity (Wildman–Crippen MR) is 180 cm³/mol. The van der Waals surface area contributed by atoms with Gasteiger partial charge in [-0.3, -0.25) is 19.1 Å². The Morgan fingerprint density at radius 3 is 2.73 bits per heavy atom. The molecule has 0 bridgehead atoms. The van der Waals surface area contributed by atoms with Crippen LogP contribution >= 0.6 is 0 Å². The van der Waals surface area contributed by atoms with E-state index in [4.69, 9.17) is 18.6 Å². The van der Waals surface area contributed by atoms with Crippen molar-refractivity contribution >= 4 is 49.8 Å². The quantitative estimate of drug-likeness (QED) is 0.267. The molecule has 1 saturated heterocycles. The molecule has 4 aromatic rings. The van der Waals surface area contributed by atoms with E-state index in [2.05, 4.69) is 10.0 Å². The summed E-state index contributed by atoms with van der Waals surface area (Å²) in [6.45, 7) is 0.148. The molecule has 8 rings (SSSR count). The van der Waals surface area contributed by atoms with Crippen molar-refractivity contribution in [1.82, 2.24) is 19.9 Å². The molecule has 12 nitrogen and oxygen atoms in total. The molecular formula is C36H38N4O8S. The van der Waals surface area contributed by atoms with Gasteiger partial charge in [-0.15, -0.1) is 0 Å². The summed E-state index contributed by atoms with van der Waals surface area (Å²) in [4.78, 5) is 47.7. The van der Waals surface area contributed by atoms with Gasteiger partial charge in [-0.25, -0.2) is 13.4 Å². The predicted octanol–water partition coefficient (Wildman–Crippen LogP) is 4.98. The lowest BCUT2D eigenvalue weighted by Gasteiger charge is -2.26. The third-order valence-corrected chi connectivity index (χ3v) is 11.9. The summed E-state index contributed by atoms with van der Waals surface area (Å²) in [5.41, 5.74) is 0.815. The molecule has 4 aliphatic rings. The van der Waals surface area contributed by atoms with Crippen LogP contribution in [0.3, 0.4) is 0 Å². The van der Waals surface area contributed by atoms with Gasteiger partial charge >= 0.3 is 0 Å². The van der Waals surface area contributed by atoms with Crippen LogP contribution in [0.4, 0.5) is 0 Å². The van der Waals surface area contributed by atoms with Gasteiger partial charge in [0.1, 0.15) is 34.5 Å². The standard InChI is InChI=1S/C36H38N4O8S/c41-31-14-6-4-2-1-3-5-10-22-20-36(22,35(43)39-49(44,45)24-15-16-24)38-34(42)27-18-23(21-40(27)31)47-30-19-26(29-13-9-17-46-29)37-32-25-11-7-8-12-28(25)48-33(30)32/h5,7-13,17,19,22-24,27H,1-4,6,14-16,18,20-21H2,(H,38,42)(H,39,43)/b10-5-/t22-,23-,27+,36-/m1/s1. The molecule has 5 heterocycles. The number of hydrogen-bond acceptors (Lipinski definition) is 9. The first-order chi connectivity index (χ1) is 23.7. The van der Waals surface area contributed by atoms with E-state index in [-0.39, 0.29) is 37.6 Å². The Morgan fingerprint density at radius 2 is 1.92 bits per heavy atom. The number of benzene rings is 1. The fraction of sp³-hybridized carbons (Fsp3) is 0.444. The Hall–Kier alpha value is -4.65. The number of aromatic nitrogens is 1. The summed E-state index contributed by atoms with van der Waals surface area (Å²) < 4.78 is 46.1. The summed E-state index contributed by atoms with van der Waals surface area (Å²) in [5.74, 6) is -0.810. The Balaban J connectivity index is 1.10. The first-order valence-electron chi connectivity index (χ1n) is 17.1. The first kappa shape index (κ1) is 31.6. The van der Waals surface area contributed by atoms with Gasteiger partial charge in [-0.1, -0.05) is 37.1 Å². The van der Waals surface area contributed by atoms with Crippen LogP contribution in [-0.4, -0.2) is 65.5 Å². The summed E-state index contributed by atoms with van der Waals surface area (Å²) in [6, 6.07) is 11.9. The zero-order chi connectivity index (χ0) is 33.8. The minimum absolute atomic E-state index is 0.148. The highest BCUT2D eigenvalue weighted by molar-refractivity contribution is 7.91. The number of hydrogen-bond donors (Lipinski definition) is 2. The number of pyridine rings is 1. The number of carbonyl (C=O) groups is 3. The number of carbonyl (C=O) groups excluding carboxylic acids is 3. The van der Waals surface area contributed by atoms with E-state index in [0.717, 1.165) is 31.1 Å². The van der Waals surface area contributed by atoms with E-state index >= 15 is 0 Å². The van der Waals surface area contributed by atoms with Crippen LogP contribution in [0.1, 0.15) is 64.2 Å². The minimum atomic E-state index is -3.83. The zero-order valence-electron chi connectivity index (χ0n) is 26.9. The molecule has 2 N–H and O–H groups in total. The SMILES string of the molecule is O=C1N[C@]2(C(=O)NS(=O)(=O)C3CC3)C[C@H]2/C=C\CCCCCCC(=O)N2C[C@H](Oc3cc(-c4ccco4)nc4c3oc3ccccc34)C[C@@H]12. The second kappa shape index (κ2) is 12.3. The highest BCUT2D eigenvalue weighted by Crippen LogP contribution is 2.46. The maximum absolute atomic E-state index is 14.1. The van der Waals surface area contributed by atoms with Crippen LogP contribution < -0.4 is 14.8 Å². The topological polar surface area (TPSA) is 161 Å². The number of fused-ring (bicyclic) bond motifs is 5. The van der Waals surface area contributed by atoms with Crippen LogP contribution in [0.15, 0.2) is 69.7 Å². The van der Waals surface area contributed by atoms with Crippen LogP contribution in [0.5, 0.6) is 5.75 Å².